The van der Waals surface area contributed by atoms with Crippen LogP contribution in [0.15, 0.2) is 24.3 Å². The molecule has 1 rings (SSSR count). The van der Waals surface area contributed by atoms with Gasteiger partial charge in [-0.1, -0.05) is 18.2 Å². The third-order valence-electron chi connectivity index (χ3n) is 2.49. The molecular weight excluding hydrogens is 251 g/mol. The Balaban J connectivity index is 3.50. The van der Waals surface area contributed by atoms with Gasteiger partial charge in [-0.15, -0.1) is 0 Å². The topological polar surface area (TPSA) is 61.5 Å². The number of halogens is 3. The van der Waals surface area contributed by atoms with Gasteiger partial charge in [0.1, 0.15) is 5.75 Å². The number of hydrogen-bond acceptors (Lipinski definition) is 4. The molecule has 0 spiro atoms. The summed E-state index contributed by atoms with van der Waals surface area (Å²) < 4.78 is 48.1. The summed E-state index contributed by atoms with van der Waals surface area (Å²) in [7, 11) is 2.03. The van der Waals surface area contributed by atoms with Crippen molar-refractivity contribution in [1.29, 1.82) is 0 Å². The summed E-state index contributed by atoms with van der Waals surface area (Å²) in [5, 5.41) is 0. The minimum atomic E-state index is -5.01. The van der Waals surface area contributed by atoms with Crippen molar-refractivity contribution >= 4 is 5.97 Å². The first kappa shape index (κ1) is 14.3. The summed E-state index contributed by atoms with van der Waals surface area (Å²) >= 11 is 0. The van der Waals surface area contributed by atoms with Crippen LogP contribution in [-0.4, -0.2) is 26.4 Å². The number of benzene rings is 1. The summed E-state index contributed by atoms with van der Waals surface area (Å²) in [6.07, 6.45) is -5.01. The molecule has 4 nitrogen and oxygen atoms in total. The van der Waals surface area contributed by atoms with Crippen LogP contribution in [0, 0.1) is 0 Å². The van der Waals surface area contributed by atoms with Crippen LogP contribution in [0.4, 0.5) is 13.2 Å². The predicted molar refractivity (Wildman–Crippen MR) is 56.9 cm³/mol. The summed E-state index contributed by atoms with van der Waals surface area (Å²) in [4.78, 5) is 11.4. The highest BCUT2D eigenvalue weighted by atomic mass is 19.4. The monoisotopic (exact) mass is 263 g/mol. The van der Waals surface area contributed by atoms with Gasteiger partial charge in [-0.2, -0.15) is 13.2 Å². The molecule has 7 heteroatoms. The zero-order valence-electron chi connectivity index (χ0n) is 9.75. The summed E-state index contributed by atoms with van der Waals surface area (Å²) in [5.74, 6) is -1.73. The maximum absolute atomic E-state index is 13.1. The van der Waals surface area contributed by atoms with Gasteiger partial charge in [0.2, 0.25) is 5.54 Å². The fourth-order valence-electron chi connectivity index (χ4n) is 1.51. The number of alkyl halides is 3. The van der Waals surface area contributed by atoms with Gasteiger partial charge in [0, 0.05) is 5.56 Å². The van der Waals surface area contributed by atoms with Gasteiger partial charge in [-0.25, -0.2) is 4.79 Å². The van der Waals surface area contributed by atoms with Gasteiger partial charge in [-0.05, 0) is 6.07 Å². The van der Waals surface area contributed by atoms with Gasteiger partial charge < -0.3 is 15.2 Å². The van der Waals surface area contributed by atoms with E-state index in [0.29, 0.717) is 0 Å². The number of ether oxygens (including phenoxy) is 2. The van der Waals surface area contributed by atoms with Crippen molar-refractivity contribution in [2.75, 3.05) is 14.2 Å². The van der Waals surface area contributed by atoms with Gasteiger partial charge in [-0.3, -0.25) is 0 Å². The second-order valence-electron chi connectivity index (χ2n) is 3.50. The van der Waals surface area contributed by atoms with Crippen LogP contribution in [-0.2, 0) is 15.1 Å². The van der Waals surface area contributed by atoms with Crippen molar-refractivity contribution in [2.24, 2.45) is 5.73 Å². The van der Waals surface area contributed by atoms with E-state index in [1.807, 2.05) is 0 Å². The van der Waals surface area contributed by atoms with Crippen LogP contribution >= 0.6 is 0 Å². The number of rotatable bonds is 3. The number of carbonyl (C=O) groups excluding carboxylic acids is 1. The lowest BCUT2D eigenvalue weighted by Crippen LogP contribution is -2.57. The van der Waals surface area contributed by atoms with E-state index in [0.717, 1.165) is 13.2 Å². The normalized spacial score (nSPS) is 14.8. The fraction of sp³-hybridized carbons (Fsp3) is 0.364. The van der Waals surface area contributed by atoms with Crippen molar-refractivity contribution in [1.82, 2.24) is 0 Å². The van der Waals surface area contributed by atoms with E-state index >= 15 is 0 Å². The maximum Gasteiger partial charge on any atom is 0.421 e. The number of nitrogens with two attached hydrogens (primary N) is 1. The van der Waals surface area contributed by atoms with E-state index in [1.165, 1.54) is 25.3 Å². The predicted octanol–water partition coefficient (Wildman–Crippen LogP) is 1.58. The van der Waals surface area contributed by atoms with Crippen molar-refractivity contribution < 1.29 is 27.4 Å². The lowest BCUT2D eigenvalue weighted by atomic mass is 9.89. The molecule has 18 heavy (non-hydrogen) atoms. The lowest BCUT2D eigenvalue weighted by Gasteiger charge is -2.30. The fourth-order valence-corrected chi connectivity index (χ4v) is 1.51. The zero-order chi connectivity index (χ0) is 14.0. The average molecular weight is 263 g/mol. The highest BCUT2D eigenvalue weighted by Gasteiger charge is 2.61. The first-order valence-corrected chi connectivity index (χ1v) is 4.86. The van der Waals surface area contributed by atoms with Crippen LogP contribution in [0.1, 0.15) is 5.56 Å². The molecule has 1 atom stereocenters. The lowest BCUT2D eigenvalue weighted by molar-refractivity contribution is -0.207. The molecule has 100 valence electrons. The average Bonchev–Trinajstić information content (AvgIpc) is 2.35. The van der Waals surface area contributed by atoms with E-state index in [4.69, 9.17) is 10.5 Å². The first-order valence-electron chi connectivity index (χ1n) is 4.86. The molecule has 0 fully saturated rings. The minimum Gasteiger partial charge on any atom is -0.496 e. The summed E-state index contributed by atoms with van der Waals surface area (Å²) in [6.45, 7) is 0. The second-order valence-corrected chi connectivity index (χ2v) is 3.50. The van der Waals surface area contributed by atoms with Crippen LogP contribution < -0.4 is 10.5 Å². The van der Waals surface area contributed by atoms with Crippen LogP contribution in [0.3, 0.4) is 0 Å². The van der Waals surface area contributed by atoms with Crippen LogP contribution in [0.25, 0.3) is 0 Å². The molecule has 0 heterocycles. The molecule has 0 aliphatic rings. The Morgan fingerprint density at radius 1 is 1.22 bits per heavy atom. The van der Waals surface area contributed by atoms with Gasteiger partial charge in [0.05, 0.1) is 14.2 Å². The largest absolute Gasteiger partial charge is 0.496 e. The molecule has 0 aliphatic carbocycles. The molecule has 2 N–H and O–H groups in total. The van der Waals surface area contributed by atoms with Crippen LogP contribution in [0.2, 0.25) is 0 Å². The van der Waals surface area contributed by atoms with Crippen molar-refractivity contribution in [3.63, 3.8) is 0 Å². The van der Waals surface area contributed by atoms with Crippen molar-refractivity contribution in [3.8, 4) is 5.75 Å². The quantitative estimate of drug-likeness (QED) is 0.841. The Labute approximate surface area is 101 Å². The molecule has 0 amide bonds. The number of carbonyl (C=O) groups is 1. The maximum atomic E-state index is 13.1. The SMILES string of the molecule is COC(=O)C(N)(c1ccccc1OC)C(F)(F)F. The number of para-hydroxylation sites is 1. The van der Waals surface area contributed by atoms with E-state index in [1.54, 1.807) is 0 Å². The molecule has 1 aromatic carbocycles. The molecule has 0 radical (unpaired) electrons. The summed E-state index contributed by atoms with van der Waals surface area (Å²) in [5.41, 5.74) is 1.50. The molecule has 0 saturated carbocycles. The number of hydrogen-bond donors (Lipinski definition) is 1. The zero-order valence-corrected chi connectivity index (χ0v) is 9.75. The highest BCUT2D eigenvalue weighted by molar-refractivity contribution is 5.84. The number of esters is 1. The molecule has 0 bridgehead atoms. The van der Waals surface area contributed by atoms with Gasteiger partial charge >= 0.3 is 12.1 Å². The highest BCUT2D eigenvalue weighted by Crippen LogP contribution is 2.41. The Kier molecular flexibility index (Phi) is 3.85. The smallest absolute Gasteiger partial charge is 0.421 e. The van der Waals surface area contributed by atoms with Crippen molar-refractivity contribution in [3.05, 3.63) is 29.8 Å². The van der Waals surface area contributed by atoms with E-state index < -0.39 is 23.2 Å². The third kappa shape index (κ3) is 2.13. The molecular formula is C11H12F3NO3. The third-order valence-corrected chi connectivity index (χ3v) is 2.49. The molecule has 0 aromatic heterocycles. The number of methoxy groups -OCH3 is 2. The Morgan fingerprint density at radius 3 is 2.22 bits per heavy atom. The summed E-state index contributed by atoms with van der Waals surface area (Å²) in [6, 6.07) is 5.15. The molecule has 0 saturated heterocycles. The molecule has 1 unspecified atom stereocenters. The van der Waals surface area contributed by atoms with E-state index in [2.05, 4.69) is 4.74 Å². The van der Waals surface area contributed by atoms with Gasteiger partial charge in [0.15, 0.2) is 0 Å². The van der Waals surface area contributed by atoms with Crippen LogP contribution in [0.5, 0.6) is 5.75 Å². The van der Waals surface area contributed by atoms with E-state index in [-0.39, 0.29) is 5.75 Å². The Hall–Kier alpha value is -1.76. The van der Waals surface area contributed by atoms with E-state index in [9.17, 15) is 18.0 Å². The molecule has 0 aliphatic heterocycles. The first-order chi connectivity index (χ1) is 8.29. The standard InChI is InChI=1S/C11H12F3NO3/c1-17-8-6-4-3-5-7(8)10(15,9(16)18-2)11(12,13)14/h3-6H,15H2,1-2H3. The minimum absolute atomic E-state index is 0.136. The van der Waals surface area contributed by atoms with Gasteiger partial charge in [0.25, 0.3) is 0 Å². The molecule has 1 aromatic rings. The second kappa shape index (κ2) is 4.85. The Bertz CT molecular complexity index is 447. The Morgan fingerprint density at radius 2 is 1.78 bits per heavy atom. The van der Waals surface area contributed by atoms with Crippen molar-refractivity contribution in [2.45, 2.75) is 11.7 Å².